The van der Waals surface area contributed by atoms with Crippen LogP contribution in [0.15, 0.2) is 72.8 Å². The van der Waals surface area contributed by atoms with Crippen molar-refractivity contribution >= 4 is 22.7 Å². The number of ether oxygens (including phenoxy) is 1. The Balaban J connectivity index is 1.71. The van der Waals surface area contributed by atoms with Crippen LogP contribution in [-0.2, 0) is 0 Å². The maximum Gasteiger partial charge on any atom is 0.143 e. The molecule has 25 heavy (non-hydrogen) atoms. The molecule has 0 amide bonds. The van der Waals surface area contributed by atoms with E-state index < -0.39 is 0 Å². The average Bonchev–Trinajstić information content (AvgIpc) is 2.58. The summed E-state index contributed by atoms with van der Waals surface area (Å²) in [4.78, 5) is 0. The molecule has 0 aromatic heterocycles. The van der Waals surface area contributed by atoms with E-state index in [1.807, 2.05) is 68.4 Å². The molecular weight excluding hydrogens is 312 g/mol. The van der Waals surface area contributed by atoms with Gasteiger partial charge >= 0.3 is 0 Å². The highest BCUT2D eigenvalue weighted by Crippen LogP contribution is 2.29. The number of anilines is 4. The zero-order valence-electron chi connectivity index (χ0n) is 14.4. The van der Waals surface area contributed by atoms with E-state index in [1.54, 1.807) is 18.2 Å². The van der Waals surface area contributed by atoms with Gasteiger partial charge in [0.25, 0.3) is 0 Å². The van der Waals surface area contributed by atoms with Crippen molar-refractivity contribution in [1.82, 2.24) is 0 Å². The minimum Gasteiger partial charge on any atom is -0.508 e. The van der Waals surface area contributed by atoms with Crippen LogP contribution in [0.2, 0.25) is 0 Å². The van der Waals surface area contributed by atoms with Crippen LogP contribution in [0.1, 0.15) is 13.8 Å². The van der Waals surface area contributed by atoms with E-state index in [1.165, 1.54) is 0 Å². The van der Waals surface area contributed by atoms with Crippen molar-refractivity contribution in [3.05, 3.63) is 72.8 Å². The molecule has 3 aromatic carbocycles. The van der Waals surface area contributed by atoms with Gasteiger partial charge in [-0.15, -0.1) is 0 Å². The maximum atomic E-state index is 9.53. The van der Waals surface area contributed by atoms with Crippen molar-refractivity contribution in [2.45, 2.75) is 20.0 Å². The summed E-state index contributed by atoms with van der Waals surface area (Å²) in [5.74, 6) is 1.07. The molecule has 0 aliphatic heterocycles. The molecule has 3 N–H and O–H groups in total. The number of para-hydroxylation sites is 2. The first-order valence-corrected chi connectivity index (χ1v) is 8.29. The number of benzene rings is 3. The monoisotopic (exact) mass is 334 g/mol. The van der Waals surface area contributed by atoms with E-state index in [0.717, 1.165) is 28.5 Å². The van der Waals surface area contributed by atoms with E-state index in [0.29, 0.717) is 0 Å². The van der Waals surface area contributed by atoms with Gasteiger partial charge in [0.15, 0.2) is 0 Å². The van der Waals surface area contributed by atoms with Crippen LogP contribution in [0.25, 0.3) is 0 Å². The Morgan fingerprint density at radius 2 is 1.44 bits per heavy atom. The standard InChI is InChI=1S/C21H22N2O2/c1-15(2)25-21-9-4-3-8-20(21)23-17-12-10-16(11-13-17)22-18-6-5-7-19(24)14-18/h3-15,22-24H,1-2H3. The van der Waals surface area contributed by atoms with Gasteiger partial charge in [-0.3, -0.25) is 0 Å². The molecule has 0 spiro atoms. The summed E-state index contributed by atoms with van der Waals surface area (Å²) in [6, 6.07) is 22.9. The third-order valence-electron chi connectivity index (χ3n) is 3.55. The smallest absolute Gasteiger partial charge is 0.143 e. The number of phenols is 1. The zero-order valence-corrected chi connectivity index (χ0v) is 14.4. The summed E-state index contributed by atoms with van der Waals surface area (Å²) in [5, 5.41) is 16.2. The highest BCUT2D eigenvalue weighted by Gasteiger charge is 2.05. The van der Waals surface area contributed by atoms with Crippen molar-refractivity contribution in [3.8, 4) is 11.5 Å². The van der Waals surface area contributed by atoms with Crippen LogP contribution in [0.4, 0.5) is 22.7 Å². The normalized spacial score (nSPS) is 10.5. The lowest BCUT2D eigenvalue weighted by atomic mass is 10.2. The minimum absolute atomic E-state index is 0.122. The topological polar surface area (TPSA) is 53.5 Å². The van der Waals surface area contributed by atoms with E-state index in [9.17, 15) is 5.11 Å². The van der Waals surface area contributed by atoms with Gasteiger partial charge in [0.1, 0.15) is 11.5 Å². The summed E-state index contributed by atoms with van der Waals surface area (Å²) in [6.07, 6.45) is 0.122. The number of phenolic OH excluding ortho intramolecular Hbond substituents is 1. The van der Waals surface area contributed by atoms with Gasteiger partial charge in [-0.25, -0.2) is 0 Å². The molecule has 3 rings (SSSR count). The molecule has 0 heterocycles. The second kappa shape index (κ2) is 7.62. The third kappa shape index (κ3) is 4.67. The quantitative estimate of drug-likeness (QED) is 0.544. The lowest BCUT2D eigenvalue weighted by Crippen LogP contribution is -2.07. The molecule has 3 aromatic rings. The lowest BCUT2D eigenvalue weighted by Gasteiger charge is -2.15. The fourth-order valence-electron chi connectivity index (χ4n) is 2.47. The van der Waals surface area contributed by atoms with E-state index in [4.69, 9.17) is 4.74 Å². The Bertz CT molecular complexity index is 829. The number of nitrogens with one attached hydrogen (secondary N) is 2. The third-order valence-corrected chi connectivity index (χ3v) is 3.55. The fraction of sp³-hybridized carbons (Fsp3) is 0.143. The summed E-state index contributed by atoms with van der Waals surface area (Å²) >= 11 is 0. The van der Waals surface area contributed by atoms with Crippen LogP contribution >= 0.6 is 0 Å². The van der Waals surface area contributed by atoms with Gasteiger partial charge in [0, 0.05) is 23.1 Å². The van der Waals surface area contributed by atoms with E-state index >= 15 is 0 Å². The van der Waals surface area contributed by atoms with E-state index in [-0.39, 0.29) is 11.9 Å². The summed E-state index contributed by atoms with van der Waals surface area (Å²) in [5.41, 5.74) is 3.70. The number of rotatable bonds is 6. The fourth-order valence-corrected chi connectivity index (χ4v) is 2.47. The first-order valence-electron chi connectivity index (χ1n) is 8.29. The van der Waals surface area contributed by atoms with Crippen molar-refractivity contribution in [3.63, 3.8) is 0 Å². The molecule has 0 aliphatic carbocycles. The highest BCUT2D eigenvalue weighted by molar-refractivity contribution is 5.69. The van der Waals surface area contributed by atoms with Crippen LogP contribution in [-0.4, -0.2) is 11.2 Å². The Morgan fingerprint density at radius 1 is 0.760 bits per heavy atom. The Morgan fingerprint density at radius 3 is 2.12 bits per heavy atom. The molecule has 0 bridgehead atoms. The maximum absolute atomic E-state index is 9.53. The van der Waals surface area contributed by atoms with Gasteiger partial charge in [0.2, 0.25) is 0 Å². The van der Waals surface area contributed by atoms with Gasteiger partial charge in [-0.05, 0) is 62.4 Å². The highest BCUT2D eigenvalue weighted by atomic mass is 16.5. The van der Waals surface area contributed by atoms with Gasteiger partial charge in [-0.2, -0.15) is 0 Å². The van der Waals surface area contributed by atoms with E-state index in [2.05, 4.69) is 10.6 Å². The second-order valence-corrected chi connectivity index (χ2v) is 6.04. The van der Waals surface area contributed by atoms with Gasteiger partial charge in [0.05, 0.1) is 11.8 Å². The minimum atomic E-state index is 0.122. The molecule has 0 radical (unpaired) electrons. The zero-order chi connectivity index (χ0) is 17.6. The van der Waals surface area contributed by atoms with Crippen LogP contribution in [0.3, 0.4) is 0 Å². The predicted octanol–water partition coefficient (Wildman–Crippen LogP) is 5.67. The summed E-state index contributed by atoms with van der Waals surface area (Å²) in [7, 11) is 0. The Kier molecular flexibility index (Phi) is 5.09. The van der Waals surface area contributed by atoms with Crippen LogP contribution in [0, 0.1) is 0 Å². The first-order chi connectivity index (χ1) is 12.1. The SMILES string of the molecule is CC(C)Oc1ccccc1Nc1ccc(Nc2cccc(O)c2)cc1. The lowest BCUT2D eigenvalue weighted by molar-refractivity contribution is 0.244. The molecule has 128 valence electrons. The number of hydrogen-bond donors (Lipinski definition) is 3. The Hall–Kier alpha value is -3.14. The molecular formula is C21H22N2O2. The van der Waals surface area contributed by atoms with Gasteiger partial charge < -0.3 is 20.5 Å². The molecule has 4 heteroatoms. The van der Waals surface area contributed by atoms with Crippen molar-refractivity contribution in [2.75, 3.05) is 10.6 Å². The van der Waals surface area contributed by atoms with Crippen LogP contribution < -0.4 is 15.4 Å². The molecule has 0 fully saturated rings. The molecule has 4 nitrogen and oxygen atoms in total. The molecule has 0 atom stereocenters. The van der Waals surface area contributed by atoms with Crippen LogP contribution in [0.5, 0.6) is 11.5 Å². The molecule has 0 unspecified atom stereocenters. The van der Waals surface area contributed by atoms with Crippen molar-refractivity contribution < 1.29 is 9.84 Å². The average molecular weight is 334 g/mol. The summed E-state index contributed by atoms with van der Waals surface area (Å²) in [6.45, 7) is 4.03. The number of hydrogen-bond acceptors (Lipinski definition) is 4. The molecule has 0 aliphatic rings. The Labute approximate surface area is 148 Å². The second-order valence-electron chi connectivity index (χ2n) is 6.04. The van der Waals surface area contributed by atoms with Crippen molar-refractivity contribution in [1.29, 1.82) is 0 Å². The first kappa shape index (κ1) is 16.7. The van der Waals surface area contributed by atoms with Gasteiger partial charge in [-0.1, -0.05) is 18.2 Å². The largest absolute Gasteiger partial charge is 0.508 e. The molecule has 0 saturated carbocycles. The predicted molar refractivity (Wildman–Crippen MR) is 103 cm³/mol. The van der Waals surface area contributed by atoms with Crippen molar-refractivity contribution in [2.24, 2.45) is 0 Å². The number of aromatic hydroxyl groups is 1. The summed E-state index contributed by atoms with van der Waals surface area (Å²) < 4.78 is 5.83. The molecule has 0 saturated heterocycles.